The van der Waals surface area contributed by atoms with Crippen LogP contribution in [0.3, 0.4) is 0 Å². The average Bonchev–Trinajstić information content (AvgIpc) is 3.16. The molecule has 1 fully saturated rings. The van der Waals surface area contributed by atoms with Crippen LogP contribution in [0, 0.1) is 0 Å². The molecule has 3 aliphatic rings. The molecule has 6 rings (SSSR count). The maximum absolute atomic E-state index is 12.7. The molecular weight excluding hydrogens is 668 g/mol. The van der Waals surface area contributed by atoms with Gasteiger partial charge in [0.1, 0.15) is 12.8 Å². The molecular formula is C42H56N6O5. The van der Waals surface area contributed by atoms with Gasteiger partial charge < -0.3 is 40.9 Å². The third-order valence-electron chi connectivity index (χ3n) is 10.9. The number of rotatable bonds is 13. The van der Waals surface area contributed by atoms with E-state index in [2.05, 4.69) is 53.3 Å². The Hall–Kier alpha value is -4.45. The van der Waals surface area contributed by atoms with Crippen LogP contribution in [0.2, 0.25) is 0 Å². The van der Waals surface area contributed by atoms with Crippen molar-refractivity contribution in [1.29, 1.82) is 0 Å². The highest BCUT2D eigenvalue weighted by molar-refractivity contribution is 5.96. The molecule has 5 N–H and O–H groups in total. The third kappa shape index (κ3) is 9.20. The highest BCUT2D eigenvalue weighted by Crippen LogP contribution is 2.40. The van der Waals surface area contributed by atoms with Crippen LogP contribution in [-0.4, -0.2) is 66.4 Å². The molecule has 2 aliphatic heterocycles. The Morgan fingerprint density at radius 2 is 1.25 bits per heavy atom. The Bertz CT molecular complexity index is 1710. The van der Waals surface area contributed by atoms with Crippen LogP contribution in [0.5, 0.6) is 0 Å². The number of ether oxygens (including phenoxy) is 1. The predicted octanol–water partition coefficient (Wildman–Crippen LogP) is 6.42. The lowest BCUT2D eigenvalue weighted by Crippen LogP contribution is -2.48. The van der Waals surface area contributed by atoms with Crippen LogP contribution < -0.4 is 31.1 Å². The number of aliphatic hydroxyl groups is 1. The van der Waals surface area contributed by atoms with Crippen molar-refractivity contribution < 1.29 is 24.2 Å². The predicted molar refractivity (Wildman–Crippen MR) is 210 cm³/mol. The summed E-state index contributed by atoms with van der Waals surface area (Å²) in [5.74, 6) is 0.108. The number of hydrogen-bond donors (Lipinski definition) is 5. The zero-order valence-electron chi connectivity index (χ0n) is 31.5. The molecule has 3 amide bonds. The van der Waals surface area contributed by atoms with Crippen LogP contribution in [0.15, 0.2) is 72.8 Å². The number of nitrogens with zero attached hydrogens (tertiary/aromatic N) is 2. The summed E-state index contributed by atoms with van der Waals surface area (Å²) < 4.78 is 5.57. The highest BCUT2D eigenvalue weighted by atomic mass is 16.5. The fourth-order valence-corrected chi connectivity index (χ4v) is 8.34. The molecule has 0 bridgehead atoms. The van der Waals surface area contributed by atoms with E-state index in [1.807, 2.05) is 78.2 Å². The molecule has 284 valence electrons. The summed E-state index contributed by atoms with van der Waals surface area (Å²) in [5, 5.41) is 24.2. The van der Waals surface area contributed by atoms with Crippen molar-refractivity contribution >= 4 is 40.5 Å². The van der Waals surface area contributed by atoms with Crippen molar-refractivity contribution in [2.75, 3.05) is 33.6 Å². The summed E-state index contributed by atoms with van der Waals surface area (Å²) in [6, 6.07) is 24.9. The van der Waals surface area contributed by atoms with E-state index in [1.54, 1.807) is 0 Å². The number of fused-ring (bicyclic) bond motifs is 2. The van der Waals surface area contributed by atoms with E-state index in [0.29, 0.717) is 18.9 Å². The number of anilines is 4. The van der Waals surface area contributed by atoms with Gasteiger partial charge in [0.05, 0.1) is 12.6 Å². The molecule has 53 heavy (non-hydrogen) atoms. The van der Waals surface area contributed by atoms with Gasteiger partial charge in [-0.05, 0) is 99.9 Å². The van der Waals surface area contributed by atoms with E-state index in [1.165, 1.54) is 5.56 Å². The SMILES string of the molecule is CCC(=O)N1c2ccccc2[C@H](Nc2ccc(NC(O)COCC(=O)NC3CCC(N[C@@H]4C[C@H](C)N(C(=O)CC)c5ccccc54)CC3)cc2)C[C@@H]1C. The van der Waals surface area contributed by atoms with E-state index in [4.69, 9.17) is 4.74 Å². The number of amides is 3. The molecule has 3 aromatic carbocycles. The number of para-hydroxylation sites is 2. The molecule has 1 saturated carbocycles. The smallest absolute Gasteiger partial charge is 0.246 e. The van der Waals surface area contributed by atoms with Gasteiger partial charge in [-0.25, -0.2) is 0 Å². The van der Waals surface area contributed by atoms with Gasteiger partial charge in [-0.3, -0.25) is 14.4 Å². The summed E-state index contributed by atoms with van der Waals surface area (Å²) in [6.07, 6.45) is 5.33. The van der Waals surface area contributed by atoms with Crippen molar-refractivity contribution in [2.45, 2.75) is 122 Å². The molecule has 1 unspecified atom stereocenters. The maximum Gasteiger partial charge on any atom is 0.246 e. The monoisotopic (exact) mass is 724 g/mol. The highest BCUT2D eigenvalue weighted by Gasteiger charge is 2.35. The second-order valence-electron chi connectivity index (χ2n) is 14.8. The summed E-state index contributed by atoms with van der Waals surface area (Å²) in [4.78, 5) is 41.9. The first-order chi connectivity index (χ1) is 25.6. The van der Waals surface area contributed by atoms with Gasteiger partial charge in [-0.1, -0.05) is 50.2 Å². The summed E-state index contributed by atoms with van der Waals surface area (Å²) in [6.45, 7) is 7.88. The second kappa shape index (κ2) is 17.6. The van der Waals surface area contributed by atoms with Gasteiger partial charge in [0.2, 0.25) is 17.7 Å². The van der Waals surface area contributed by atoms with Crippen molar-refractivity contribution in [3.8, 4) is 0 Å². The van der Waals surface area contributed by atoms with E-state index < -0.39 is 6.23 Å². The summed E-state index contributed by atoms with van der Waals surface area (Å²) in [7, 11) is 0. The molecule has 5 atom stereocenters. The van der Waals surface area contributed by atoms with Crippen LogP contribution in [-0.2, 0) is 19.1 Å². The zero-order valence-corrected chi connectivity index (χ0v) is 31.5. The van der Waals surface area contributed by atoms with Gasteiger partial charge in [-0.2, -0.15) is 0 Å². The Morgan fingerprint density at radius 1 is 0.736 bits per heavy atom. The lowest BCUT2D eigenvalue weighted by molar-refractivity contribution is -0.127. The number of aliphatic hydroxyl groups excluding tert-OH is 1. The zero-order chi connectivity index (χ0) is 37.5. The van der Waals surface area contributed by atoms with Crippen LogP contribution in [0.4, 0.5) is 22.7 Å². The molecule has 1 aliphatic carbocycles. The van der Waals surface area contributed by atoms with Crippen LogP contribution in [0.1, 0.15) is 102 Å². The van der Waals surface area contributed by atoms with Crippen LogP contribution in [0.25, 0.3) is 0 Å². The molecule has 0 spiro atoms. The van der Waals surface area contributed by atoms with E-state index in [0.717, 1.165) is 66.8 Å². The fraction of sp³-hybridized carbons (Fsp3) is 0.500. The minimum atomic E-state index is -0.976. The van der Waals surface area contributed by atoms with Crippen molar-refractivity contribution in [3.05, 3.63) is 83.9 Å². The number of nitrogens with one attached hydrogen (secondary N) is 4. The van der Waals surface area contributed by atoms with Gasteiger partial charge in [0.15, 0.2) is 0 Å². The molecule has 0 radical (unpaired) electrons. The van der Waals surface area contributed by atoms with Crippen molar-refractivity contribution in [3.63, 3.8) is 0 Å². The third-order valence-corrected chi connectivity index (χ3v) is 10.9. The molecule has 11 nitrogen and oxygen atoms in total. The quantitative estimate of drug-likeness (QED) is 0.128. The van der Waals surface area contributed by atoms with E-state index in [9.17, 15) is 19.5 Å². The lowest BCUT2D eigenvalue weighted by atomic mass is 9.87. The van der Waals surface area contributed by atoms with Crippen molar-refractivity contribution in [2.24, 2.45) is 0 Å². The Balaban J connectivity index is 0.900. The minimum absolute atomic E-state index is 0.0314. The topological polar surface area (TPSA) is 135 Å². The van der Waals surface area contributed by atoms with Gasteiger partial charge in [-0.15, -0.1) is 0 Å². The molecule has 3 aromatic rings. The number of benzene rings is 3. The van der Waals surface area contributed by atoms with E-state index in [-0.39, 0.29) is 61.1 Å². The molecule has 11 heteroatoms. The first-order valence-electron chi connectivity index (χ1n) is 19.4. The molecule has 2 heterocycles. The van der Waals surface area contributed by atoms with Crippen molar-refractivity contribution in [1.82, 2.24) is 10.6 Å². The maximum atomic E-state index is 12.7. The first kappa shape index (κ1) is 38.3. The standard InChI is InChI=1S/C42H56N6O5/c1-5-41(51)47-27(3)23-35(33-11-7-9-13-37(33)47)43-29-15-19-31(20-16-29)45-39(49)25-53-26-40(50)46-32-21-17-30(18-22-32)44-36-24-28(4)48(42(52)6-2)38-14-10-8-12-34(36)38/h7-16,19-20,27-28,30,32,35-36,39,43-45,49H,5-6,17-18,21-26H2,1-4H3,(H,46,50)/t27-,28-,30?,32?,35+,36+,39?/m0/s1. The van der Waals surface area contributed by atoms with Gasteiger partial charge in [0.25, 0.3) is 0 Å². The lowest BCUT2D eigenvalue weighted by Gasteiger charge is -2.41. The Labute approximate surface area is 313 Å². The van der Waals surface area contributed by atoms with Crippen LogP contribution >= 0.6 is 0 Å². The minimum Gasteiger partial charge on any atom is -0.378 e. The summed E-state index contributed by atoms with van der Waals surface area (Å²) in [5.41, 5.74) is 5.93. The second-order valence-corrected chi connectivity index (χ2v) is 14.8. The average molecular weight is 725 g/mol. The fourth-order valence-electron chi connectivity index (χ4n) is 8.34. The Kier molecular flexibility index (Phi) is 12.7. The number of carbonyl (C=O) groups excluding carboxylic acids is 3. The first-order valence-corrected chi connectivity index (χ1v) is 19.4. The van der Waals surface area contributed by atoms with E-state index >= 15 is 0 Å². The van der Waals surface area contributed by atoms with Gasteiger partial charge in [0, 0.05) is 65.8 Å². The number of carbonyl (C=O) groups is 3. The van der Waals surface area contributed by atoms with Gasteiger partial charge >= 0.3 is 0 Å². The molecule has 0 aromatic heterocycles. The molecule has 0 saturated heterocycles. The normalized spacial score (nSPS) is 24.4. The largest absolute Gasteiger partial charge is 0.378 e. The summed E-state index contributed by atoms with van der Waals surface area (Å²) >= 11 is 0. The number of hydrogen-bond acceptors (Lipinski definition) is 8. The Morgan fingerprint density at radius 3 is 1.83 bits per heavy atom.